The zero-order valence-electron chi connectivity index (χ0n) is 14.3. The van der Waals surface area contributed by atoms with Gasteiger partial charge in [-0.15, -0.1) is 11.3 Å². The van der Waals surface area contributed by atoms with Gasteiger partial charge in [0.2, 0.25) is 5.91 Å². The van der Waals surface area contributed by atoms with Gasteiger partial charge in [0.25, 0.3) is 0 Å². The predicted octanol–water partition coefficient (Wildman–Crippen LogP) is 3.86. The third-order valence-electron chi connectivity index (χ3n) is 4.59. The molecule has 0 bridgehead atoms. The van der Waals surface area contributed by atoms with Gasteiger partial charge in [0.05, 0.1) is 11.7 Å². The van der Waals surface area contributed by atoms with Crippen molar-refractivity contribution in [2.45, 2.75) is 32.4 Å². The highest BCUT2D eigenvalue weighted by Crippen LogP contribution is 2.32. The van der Waals surface area contributed by atoms with E-state index in [1.165, 1.54) is 0 Å². The van der Waals surface area contributed by atoms with E-state index >= 15 is 0 Å². The van der Waals surface area contributed by atoms with Gasteiger partial charge in [0.15, 0.2) is 10.8 Å². The second kappa shape index (κ2) is 6.44. The van der Waals surface area contributed by atoms with Gasteiger partial charge in [-0.3, -0.25) is 4.79 Å². The smallest absolute Gasteiger partial charge is 0.225 e. The molecule has 128 valence electrons. The number of imidazole rings is 1. The Bertz CT molecular complexity index is 884. The number of amides is 1. The number of hydrogen-bond acceptors (Lipinski definition) is 4. The van der Waals surface area contributed by atoms with E-state index in [4.69, 9.17) is 4.98 Å². The minimum atomic E-state index is 0.122. The highest BCUT2D eigenvalue weighted by atomic mass is 32.1. The molecular weight excluding hydrogens is 332 g/mol. The number of likely N-dealkylation sites (tertiary alicyclic amines) is 1. The largest absolute Gasteiger partial charge is 0.338 e. The van der Waals surface area contributed by atoms with E-state index in [1.807, 2.05) is 29.3 Å². The van der Waals surface area contributed by atoms with Gasteiger partial charge in [-0.05, 0) is 13.8 Å². The zero-order valence-corrected chi connectivity index (χ0v) is 15.1. The molecule has 4 rings (SSSR count). The highest BCUT2D eigenvalue weighted by molar-refractivity contribution is 7.13. The molecule has 0 aliphatic carbocycles. The second-order valence-corrected chi connectivity index (χ2v) is 7.42. The topological polar surface area (TPSA) is 51.0 Å². The minimum absolute atomic E-state index is 0.122. The lowest BCUT2D eigenvalue weighted by Crippen LogP contribution is -2.32. The normalized spacial score (nSPS) is 17.6. The number of rotatable bonds is 4. The van der Waals surface area contributed by atoms with Crippen molar-refractivity contribution in [1.82, 2.24) is 19.4 Å². The molecule has 0 radical (unpaired) electrons. The number of thiazole rings is 1. The first-order valence-corrected chi connectivity index (χ1v) is 9.35. The molecule has 3 heterocycles. The van der Waals surface area contributed by atoms with E-state index in [2.05, 4.69) is 40.9 Å². The second-order valence-electron chi connectivity index (χ2n) is 6.56. The summed E-state index contributed by atoms with van der Waals surface area (Å²) in [7, 11) is 0. The quantitative estimate of drug-likeness (QED) is 0.716. The van der Waals surface area contributed by atoms with Crippen LogP contribution in [0.3, 0.4) is 0 Å². The minimum Gasteiger partial charge on any atom is -0.338 e. The van der Waals surface area contributed by atoms with Gasteiger partial charge in [0.1, 0.15) is 0 Å². The van der Waals surface area contributed by atoms with E-state index < -0.39 is 0 Å². The van der Waals surface area contributed by atoms with E-state index in [0.29, 0.717) is 6.42 Å². The van der Waals surface area contributed by atoms with Gasteiger partial charge in [0, 0.05) is 42.3 Å². The van der Waals surface area contributed by atoms with Crippen molar-refractivity contribution in [2.24, 2.45) is 0 Å². The molecule has 25 heavy (non-hydrogen) atoms. The first-order chi connectivity index (χ1) is 12.1. The Morgan fingerprint density at radius 3 is 2.76 bits per heavy atom. The van der Waals surface area contributed by atoms with Crippen molar-refractivity contribution in [3.8, 4) is 22.1 Å². The summed E-state index contributed by atoms with van der Waals surface area (Å²) in [5, 5.41) is 2.95. The highest BCUT2D eigenvalue weighted by Gasteiger charge is 2.33. The molecule has 3 aromatic rings. The summed E-state index contributed by atoms with van der Waals surface area (Å²) in [4.78, 5) is 23.5. The molecule has 2 aromatic heterocycles. The molecule has 1 aromatic carbocycles. The molecule has 1 fully saturated rings. The fourth-order valence-electron chi connectivity index (χ4n) is 3.29. The Morgan fingerprint density at radius 2 is 2.04 bits per heavy atom. The van der Waals surface area contributed by atoms with Crippen molar-refractivity contribution in [1.29, 1.82) is 0 Å². The zero-order chi connectivity index (χ0) is 17.4. The SMILES string of the molecule is CC(C)N1CC(n2ccnc2-c2nc(-c3ccccc3)cs2)CC1=O. The molecule has 1 aliphatic rings. The summed E-state index contributed by atoms with van der Waals surface area (Å²) in [6.07, 6.45) is 4.28. The summed E-state index contributed by atoms with van der Waals surface area (Å²) in [6, 6.07) is 10.5. The Balaban J connectivity index is 1.63. The van der Waals surface area contributed by atoms with E-state index in [1.54, 1.807) is 17.5 Å². The molecular formula is C19H20N4OS. The maximum Gasteiger partial charge on any atom is 0.225 e. The number of nitrogens with zero attached hydrogens (tertiary/aromatic N) is 4. The van der Waals surface area contributed by atoms with Crippen LogP contribution in [0.4, 0.5) is 0 Å². The Kier molecular flexibility index (Phi) is 4.13. The van der Waals surface area contributed by atoms with Crippen LogP contribution in [0.5, 0.6) is 0 Å². The average molecular weight is 352 g/mol. The molecule has 0 N–H and O–H groups in total. The lowest BCUT2D eigenvalue weighted by molar-refractivity contribution is -0.129. The summed E-state index contributed by atoms with van der Waals surface area (Å²) >= 11 is 1.59. The molecule has 0 spiro atoms. The van der Waals surface area contributed by atoms with E-state index in [9.17, 15) is 4.79 Å². The number of carbonyl (C=O) groups excluding carboxylic acids is 1. The van der Waals surface area contributed by atoms with Crippen LogP contribution in [0, 0.1) is 0 Å². The third kappa shape index (κ3) is 2.98. The van der Waals surface area contributed by atoms with E-state index in [-0.39, 0.29) is 18.0 Å². The fourth-order valence-corrected chi connectivity index (χ4v) is 4.12. The third-order valence-corrected chi connectivity index (χ3v) is 5.43. The molecule has 1 amide bonds. The van der Waals surface area contributed by atoms with Gasteiger partial charge in [-0.25, -0.2) is 9.97 Å². The summed E-state index contributed by atoms with van der Waals surface area (Å²) in [6.45, 7) is 4.85. The molecule has 6 heteroatoms. The lowest BCUT2D eigenvalue weighted by Gasteiger charge is -2.21. The lowest BCUT2D eigenvalue weighted by atomic mass is 10.2. The van der Waals surface area contributed by atoms with Gasteiger partial charge < -0.3 is 9.47 Å². The van der Waals surface area contributed by atoms with Crippen LogP contribution in [-0.4, -0.2) is 37.9 Å². The van der Waals surface area contributed by atoms with Crippen LogP contribution < -0.4 is 0 Å². The molecule has 5 nitrogen and oxygen atoms in total. The monoisotopic (exact) mass is 352 g/mol. The Hall–Kier alpha value is -2.47. The maximum absolute atomic E-state index is 12.2. The standard InChI is InChI=1S/C19H20N4OS/c1-13(2)23-11-15(10-17(23)24)22-9-8-20-18(22)19-21-16(12-25-19)14-6-4-3-5-7-14/h3-9,12-13,15H,10-11H2,1-2H3. The molecule has 1 atom stereocenters. The number of aromatic nitrogens is 3. The van der Waals surface area contributed by atoms with Crippen molar-refractivity contribution in [3.05, 3.63) is 48.1 Å². The van der Waals surface area contributed by atoms with Gasteiger partial charge in [-0.1, -0.05) is 30.3 Å². The summed E-state index contributed by atoms with van der Waals surface area (Å²) in [5.41, 5.74) is 2.06. The van der Waals surface area contributed by atoms with Crippen LogP contribution in [0.15, 0.2) is 48.1 Å². The van der Waals surface area contributed by atoms with Crippen LogP contribution in [-0.2, 0) is 4.79 Å². The fraction of sp³-hybridized carbons (Fsp3) is 0.316. The average Bonchev–Trinajstić information content (AvgIpc) is 3.33. The van der Waals surface area contributed by atoms with Crippen molar-refractivity contribution >= 4 is 17.2 Å². The first-order valence-electron chi connectivity index (χ1n) is 8.47. The van der Waals surface area contributed by atoms with Gasteiger partial charge in [-0.2, -0.15) is 0 Å². The molecule has 0 saturated carbocycles. The van der Waals surface area contributed by atoms with Gasteiger partial charge >= 0.3 is 0 Å². The summed E-state index contributed by atoms with van der Waals surface area (Å²) < 4.78 is 2.11. The van der Waals surface area contributed by atoms with Crippen molar-refractivity contribution in [2.75, 3.05) is 6.54 Å². The predicted molar refractivity (Wildman–Crippen MR) is 99.3 cm³/mol. The molecule has 1 saturated heterocycles. The number of benzene rings is 1. The van der Waals surface area contributed by atoms with Crippen molar-refractivity contribution in [3.63, 3.8) is 0 Å². The first kappa shape index (κ1) is 16.0. The van der Waals surface area contributed by atoms with Crippen LogP contribution in [0.2, 0.25) is 0 Å². The molecule has 1 aliphatic heterocycles. The number of hydrogen-bond donors (Lipinski definition) is 0. The molecule has 1 unspecified atom stereocenters. The van der Waals surface area contributed by atoms with Crippen LogP contribution in [0.1, 0.15) is 26.3 Å². The number of carbonyl (C=O) groups is 1. The summed E-state index contributed by atoms with van der Waals surface area (Å²) in [5.74, 6) is 1.05. The van der Waals surface area contributed by atoms with E-state index in [0.717, 1.165) is 28.6 Å². The van der Waals surface area contributed by atoms with Crippen molar-refractivity contribution < 1.29 is 4.79 Å². The Morgan fingerprint density at radius 1 is 1.24 bits per heavy atom. The maximum atomic E-state index is 12.2. The van der Waals surface area contributed by atoms with Crippen LogP contribution in [0.25, 0.3) is 22.1 Å². The van der Waals surface area contributed by atoms with Crippen LogP contribution >= 0.6 is 11.3 Å². The Labute approximate surface area is 151 Å².